The smallest absolute Gasteiger partial charge is 0.243 e. The van der Waals surface area contributed by atoms with Crippen LogP contribution in [0.25, 0.3) is 11.0 Å². The average molecular weight is 350 g/mol. The van der Waals surface area contributed by atoms with Gasteiger partial charge in [-0.2, -0.15) is 5.26 Å². The molecule has 3 aliphatic rings. The van der Waals surface area contributed by atoms with Crippen LogP contribution in [-0.4, -0.2) is 51.9 Å². The summed E-state index contributed by atoms with van der Waals surface area (Å²) in [6.45, 7) is 1.61. The van der Waals surface area contributed by atoms with Crippen molar-refractivity contribution in [2.75, 3.05) is 25.0 Å². The molecule has 2 aromatic heterocycles. The van der Waals surface area contributed by atoms with Gasteiger partial charge in [0.05, 0.1) is 11.5 Å². The van der Waals surface area contributed by atoms with E-state index >= 15 is 0 Å². The van der Waals surface area contributed by atoms with Crippen LogP contribution in [0.1, 0.15) is 25.7 Å². The number of hydrogen-bond donors (Lipinski definition) is 1. The van der Waals surface area contributed by atoms with Crippen LogP contribution < -0.4 is 4.90 Å². The third-order valence-electron chi connectivity index (χ3n) is 6.60. The number of rotatable bonds is 3. The molecule has 26 heavy (non-hydrogen) atoms. The molecule has 3 heterocycles. The van der Waals surface area contributed by atoms with Crippen molar-refractivity contribution in [2.24, 2.45) is 17.3 Å². The Labute approximate surface area is 152 Å². The van der Waals surface area contributed by atoms with Crippen LogP contribution in [-0.2, 0) is 4.79 Å². The molecule has 7 nitrogen and oxygen atoms in total. The van der Waals surface area contributed by atoms with Gasteiger partial charge in [0.15, 0.2) is 0 Å². The van der Waals surface area contributed by atoms with Gasteiger partial charge >= 0.3 is 0 Å². The van der Waals surface area contributed by atoms with Crippen LogP contribution in [0.15, 0.2) is 18.6 Å². The number of nitrogens with zero attached hydrogens (tertiary/aromatic N) is 5. The summed E-state index contributed by atoms with van der Waals surface area (Å²) in [7, 11) is 2.11. The SMILES string of the molecule is CN(c1ncnc2[nH]ccc12)[C@@H]1C[C@@H]2CN(C(=O)C3(C#N)CC3)C[C@@H]2C1. The Bertz CT molecular complexity index is 896. The fourth-order valence-electron chi connectivity index (χ4n) is 4.86. The lowest BCUT2D eigenvalue weighted by Crippen LogP contribution is -2.37. The van der Waals surface area contributed by atoms with Gasteiger partial charge in [0, 0.05) is 32.4 Å². The van der Waals surface area contributed by atoms with Crippen molar-refractivity contribution in [3.05, 3.63) is 18.6 Å². The maximum absolute atomic E-state index is 12.6. The van der Waals surface area contributed by atoms with Crippen molar-refractivity contribution >= 4 is 22.8 Å². The first kappa shape index (κ1) is 15.6. The highest BCUT2D eigenvalue weighted by atomic mass is 16.2. The fourth-order valence-corrected chi connectivity index (χ4v) is 4.86. The van der Waals surface area contributed by atoms with Crippen molar-refractivity contribution < 1.29 is 4.79 Å². The van der Waals surface area contributed by atoms with Crippen LogP contribution in [0.3, 0.4) is 0 Å². The minimum atomic E-state index is -0.685. The lowest BCUT2D eigenvalue weighted by molar-refractivity contribution is -0.134. The zero-order valence-electron chi connectivity index (χ0n) is 14.9. The molecule has 1 aliphatic heterocycles. The van der Waals surface area contributed by atoms with E-state index in [0.29, 0.717) is 17.9 Å². The maximum Gasteiger partial charge on any atom is 0.243 e. The Morgan fingerprint density at radius 1 is 1.35 bits per heavy atom. The van der Waals surface area contributed by atoms with Gasteiger partial charge in [-0.25, -0.2) is 9.97 Å². The van der Waals surface area contributed by atoms with Gasteiger partial charge in [-0.3, -0.25) is 4.79 Å². The number of amides is 1. The minimum Gasteiger partial charge on any atom is -0.356 e. The predicted molar refractivity (Wildman–Crippen MR) is 96.2 cm³/mol. The van der Waals surface area contributed by atoms with Gasteiger partial charge in [0.1, 0.15) is 23.2 Å². The highest BCUT2D eigenvalue weighted by molar-refractivity contribution is 5.89. The molecule has 1 saturated heterocycles. The summed E-state index contributed by atoms with van der Waals surface area (Å²) in [5, 5.41) is 10.3. The molecule has 2 aromatic rings. The molecule has 1 N–H and O–H groups in total. The van der Waals surface area contributed by atoms with Crippen LogP contribution in [0.4, 0.5) is 5.82 Å². The molecular weight excluding hydrogens is 328 g/mol. The normalized spacial score (nSPS) is 28.8. The maximum atomic E-state index is 12.6. The Hall–Kier alpha value is -2.62. The molecule has 3 fully saturated rings. The van der Waals surface area contributed by atoms with Gasteiger partial charge in [-0.05, 0) is 43.6 Å². The molecule has 7 heteroatoms. The summed E-state index contributed by atoms with van der Waals surface area (Å²) in [6, 6.07) is 4.69. The van der Waals surface area contributed by atoms with E-state index in [9.17, 15) is 10.1 Å². The van der Waals surface area contributed by atoms with Crippen molar-refractivity contribution in [3.8, 4) is 6.07 Å². The van der Waals surface area contributed by atoms with Crippen molar-refractivity contribution in [3.63, 3.8) is 0 Å². The molecule has 5 rings (SSSR count). The largest absolute Gasteiger partial charge is 0.356 e. The number of likely N-dealkylation sites (tertiary alicyclic amines) is 1. The number of H-pyrrole nitrogens is 1. The number of nitrogens with one attached hydrogen (secondary N) is 1. The van der Waals surface area contributed by atoms with Crippen molar-refractivity contribution in [1.82, 2.24) is 19.9 Å². The zero-order chi connectivity index (χ0) is 17.9. The third-order valence-corrected chi connectivity index (χ3v) is 6.60. The van der Waals surface area contributed by atoms with Gasteiger partial charge in [-0.1, -0.05) is 0 Å². The number of aromatic nitrogens is 3. The number of nitriles is 1. The van der Waals surface area contributed by atoms with E-state index in [2.05, 4.69) is 33.0 Å². The topological polar surface area (TPSA) is 88.9 Å². The summed E-state index contributed by atoms with van der Waals surface area (Å²) in [5.41, 5.74) is 0.179. The lowest BCUT2D eigenvalue weighted by atomic mass is 10.0. The van der Waals surface area contributed by atoms with Crippen LogP contribution in [0.2, 0.25) is 0 Å². The lowest BCUT2D eigenvalue weighted by Gasteiger charge is -2.28. The molecule has 1 amide bonds. The quantitative estimate of drug-likeness (QED) is 0.914. The first-order valence-electron chi connectivity index (χ1n) is 9.33. The summed E-state index contributed by atoms with van der Waals surface area (Å²) in [5.74, 6) is 2.11. The standard InChI is InChI=1S/C19H22N6O/c1-24(17-15-2-5-21-16(15)22-11-23-17)14-6-12-8-25(9-13(12)7-14)18(26)19(10-20)3-4-19/h2,5,11-14H,3-4,6-9H2,1H3,(H,21,22,23)/t12-,13+,14-. The molecule has 0 spiro atoms. The Morgan fingerprint density at radius 2 is 2.08 bits per heavy atom. The van der Waals surface area contributed by atoms with Gasteiger partial charge in [0.2, 0.25) is 5.91 Å². The fraction of sp³-hybridized carbons (Fsp3) is 0.579. The molecule has 3 atom stereocenters. The van der Waals surface area contributed by atoms with Crippen LogP contribution in [0, 0.1) is 28.6 Å². The Morgan fingerprint density at radius 3 is 2.73 bits per heavy atom. The minimum absolute atomic E-state index is 0.0733. The summed E-state index contributed by atoms with van der Waals surface area (Å²) >= 11 is 0. The Balaban J connectivity index is 1.29. The molecule has 0 aromatic carbocycles. The monoisotopic (exact) mass is 350 g/mol. The number of hydrogen-bond acceptors (Lipinski definition) is 5. The summed E-state index contributed by atoms with van der Waals surface area (Å²) in [6.07, 6.45) is 7.12. The van der Waals surface area contributed by atoms with E-state index in [1.54, 1.807) is 6.33 Å². The van der Waals surface area contributed by atoms with E-state index in [4.69, 9.17) is 0 Å². The zero-order valence-corrected chi connectivity index (χ0v) is 14.9. The highest BCUT2D eigenvalue weighted by Crippen LogP contribution is 2.49. The van der Waals surface area contributed by atoms with Crippen LogP contribution in [0.5, 0.6) is 0 Å². The van der Waals surface area contributed by atoms with Gasteiger partial charge in [-0.15, -0.1) is 0 Å². The molecular formula is C19H22N6O. The summed E-state index contributed by atoms with van der Waals surface area (Å²) in [4.78, 5) is 28.8. The van der Waals surface area contributed by atoms with E-state index < -0.39 is 5.41 Å². The first-order chi connectivity index (χ1) is 12.6. The van der Waals surface area contributed by atoms with Gasteiger partial charge < -0.3 is 14.8 Å². The van der Waals surface area contributed by atoms with E-state index in [1.165, 1.54) is 0 Å². The van der Waals surface area contributed by atoms with E-state index in [1.807, 2.05) is 17.2 Å². The molecule has 2 saturated carbocycles. The van der Waals surface area contributed by atoms with Gasteiger partial charge in [0.25, 0.3) is 0 Å². The second kappa shape index (κ2) is 5.44. The van der Waals surface area contributed by atoms with Crippen molar-refractivity contribution in [2.45, 2.75) is 31.7 Å². The first-order valence-corrected chi connectivity index (χ1v) is 9.33. The van der Waals surface area contributed by atoms with E-state index in [-0.39, 0.29) is 5.91 Å². The average Bonchev–Trinajstić information content (AvgIpc) is 2.97. The van der Waals surface area contributed by atoms with E-state index in [0.717, 1.165) is 55.6 Å². The molecule has 0 radical (unpaired) electrons. The molecule has 0 bridgehead atoms. The predicted octanol–water partition coefficient (Wildman–Crippen LogP) is 1.93. The number of carbonyl (C=O) groups excluding carboxylic acids is 1. The Kier molecular flexibility index (Phi) is 3.27. The number of fused-ring (bicyclic) bond motifs is 2. The molecule has 134 valence electrons. The highest BCUT2D eigenvalue weighted by Gasteiger charge is 2.55. The van der Waals surface area contributed by atoms with Crippen LogP contribution >= 0.6 is 0 Å². The third kappa shape index (κ3) is 2.21. The molecule has 2 aliphatic carbocycles. The second-order valence-corrected chi connectivity index (χ2v) is 8.10. The van der Waals surface area contributed by atoms with Crippen molar-refractivity contribution in [1.29, 1.82) is 5.26 Å². The number of aromatic amines is 1. The number of anilines is 1. The number of carbonyl (C=O) groups is 1. The second-order valence-electron chi connectivity index (χ2n) is 8.10. The molecule has 0 unspecified atom stereocenters. The summed E-state index contributed by atoms with van der Waals surface area (Å²) < 4.78 is 0.